The minimum Gasteiger partial charge on any atom is -0.478 e. The standard InChI is InChI=1S/C17H17FN2O2/c18-16-8-12(17(21)22)3-4-15(16)11-20-7-5-14(10-20)13-2-1-6-19-9-13/h1-4,6,8-9,14H,5,7,10-11H2,(H,21,22). The molecule has 5 heteroatoms. The highest BCUT2D eigenvalue weighted by Gasteiger charge is 2.24. The van der Waals surface area contributed by atoms with Crippen molar-refractivity contribution in [1.82, 2.24) is 9.88 Å². The Morgan fingerprint density at radius 1 is 1.41 bits per heavy atom. The molecule has 1 aliphatic heterocycles. The molecule has 114 valence electrons. The second-order valence-corrected chi connectivity index (χ2v) is 5.62. The summed E-state index contributed by atoms with van der Waals surface area (Å²) in [6.45, 7) is 2.27. The van der Waals surface area contributed by atoms with Crippen molar-refractivity contribution in [3.63, 3.8) is 0 Å². The number of aromatic nitrogens is 1. The lowest BCUT2D eigenvalue weighted by Gasteiger charge is -2.16. The van der Waals surface area contributed by atoms with Crippen LogP contribution in [0.1, 0.15) is 33.8 Å². The van der Waals surface area contributed by atoms with Crippen molar-refractivity contribution < 1.29 is 14.3 Å². The SMILES string of the molecule is O=C(O)c1ccc(CN2CCC(c3cccnc3)C2)c(F)c1. The first-order valence-electron chi connectivity index (χ1n) is 7.27. The van der Waals surface area contributed by atoms with Gasteiger partial charge in [0.15, 0.2) is 0 Å². The van der Waals surface area contributed by atoms with Crippen molar-refractivity contribution >= 4 is 5.97 Å². The lowest BCUT2D eigenvalue weighted by Crippen LogP contribution is -2.20. The van der Waals surface area contributed by atoms with E-state index in [0.717, 1.165) is 25.6 Å². The number of rotatable bonds is 4. The van der Waals surface area contributed by atoms with Gasteiger partial charge in [0.1, 0.15) is 5.82 Å². The summed E-state index contributed by atoms with van der Waals surface area (Å²) in [5.74, 6) is -1.14. The predicted molar refractivity (Wildman–Crippen MR) is 80.2 cm³/mol. The van der Waals surface area contributed by atoms with Crippen molar-refractivity contribution in [3.05, 3.63) is 65.2 Å². The van der Waals surface area contributed by atoms with Gasteiger partial charge in [0.05, 0.1) is 5.56 Å². The Morgan fingerprint density at radius 3 is 2.95 bits per heavy atom. The van der Waals surface area contributed by atoms with Gasteiger partial charge in [0, 0.05) is 31.0 Å². The van der Waals surface area contributed by atoms with E-state index in [0.29, 0.717) is 18.0 Å². The second-order valence-electron chi connectivity index (χ2n) is 5.62. The maximum atomic E-state index is 14.0. The third kappa shape index (κ3) is 3.14. The van der Waals surface area contributed by atoms with Gasteiger partial charge in [-0.1, -0.05) is 12.1 Å². The van der Waals surface area contributed by atoms with Crippen molar-refractivity contribution in [2.24, 2.45) is 0 Å². The van der Waals surface area contributed by atoms with Crippen molar-refractivity contribution in [2.45, 2.75) is 18.9 Å². The first-order valence-corrected chi connectivity index (χ1v) is 7.27. The Balaban J connectivity index is 1.66. The Kier molecular flexibility index (Phi) is 4.15. The smallest absolute Gasteiger partial charge is 0.335 e. The summed E-state index contributed by atoms with van der Waals surface area (Å²) in [5.41, 5.74) is 1.74. The number of hydrogen-bond donors (Lipinski definition) is 1. The van der Waals surface area contributed by atoms with Crippen LogP contribution in [0.5, 0.6) is 0 Å². The molecule has 1 aliphatic rings. The fourth-order valence-corrected chi connectivity index (χ4v) is 2.92. The van der Waals surface area contributed by atoms with Crippen LogP contribution in [0, 0.1) is 5.82 Å². The minimum atomic E-state index is -1.11. The van der Waals surface area contributed by atoms with Crippen LogP contribution in [-0.4, -0.2) is 34.0 Å². The Bertz CT molecular complexity index is 676. The van der Waals surface area contributed by atoms with Crippen LogP contribution in [0.2, 0.25) is 0 Å². The molecular formula is C17H17FN2O2. The summed E-state index contributed by atoms with van der Waals surface area (Å²) in [4.78, 5) is 17.2. The molecule has 2 heterocycles. The molecule has 2 aromatic rings. The number of benzene rings is 1. The Morgan fingerprint density at radius 2 is 2.27 bits per heavy atom. The minimum absolute atomic E-state index is 0.0177. The monoisotopic (exact) mass is 300 g/mol. The molecular weight excluding hydrogens is 283 g/mol. The lowest BCUT2D eigenvalue weighted by atomic mass is 10.0. The van der Waals surface area contributed by atoms with Crippen LogP contribution in [0.15, 0.2) is 42.7 Å². The van der Waals surface area contributed by atoms with E-state index >= 15 is 0 Å². The van der Waals surface area contributed by atoms with E-state index in [1.807, 2.05) is 12.3 Å². The quantitative estimate of drug-likeness (QED) is 0.943. The van der Waals surface area contributed by atoms with Crippen LogP contribution in [0.25, 0.3) is 0 Å². The van der Waals surface area contributed by atoms with Crippen LogP contribution >= 0.6 is 0 Å². The van der Waals surface area contributed by atoms with E-state index in [1.54, 1.807) is 12.3 Å². The molecule has 1 aromatic heterocycles. The fourth-order valence-electron chi connectivity index (χ4n) is 2.92. The third-order valence-corrected chi connectivity index (χ3v) is 4.12. The van der Waals surface area contributed by atoms with Gasteiger partial charge in [-0.2, -0.15) is 0 Å². The number of carbonyl (C=O) groups is 1. The number of hydrogen-bond acceptors (Lipinski definition) is 3. The first kappa shape index (κ1) is 14.7. The zero-order valence-electron chi connectivity index (χ0n) is 12.1. The zero-order chi connectivity index (χ0) is 15.5. The molecule has 0 bridgehead atoms. The topological polar surface area (TPSA) is 53.4 Å². The summed E-state index contributed by atoms with van der Waals surface area (Å²) in [5, 5.41) is 8.86. The van der Waals surface area contributed by atoms with Crippen LogP contribution in [0.3, 0.4) is 0 Å². The van der Waals surface area contributed by atoms with Crippen LogP contribution in [-0.2, 0) is 6.54 Å². The average Bonchev–Trinajstić information content (AvgIpc) is 2.98. The summed E-state index contributed by atoms with van der Waals surface area (Å²) in [6.07, 6.45) is 4.67. The van der Waals surface area contributed by atoms with Crippen molar-refractivity contribution in [3.8, 4) is 0 Å². The van der Waals surface area contributed by atoms with Gasteiger partial charge in [-0.3, -0.25) is 9.88 Å². The predicted octanol–water partition coefficient (Wildman–Crippen LogP) is 2.91. The molecule has 1 saturated heterocycles. The van der Waals surface area contributed by atoms with E-state index < -0.39 is 11.8 Å². The highest BCUT2D eigenvalue weighted by molar-refractivity contribution is 5.87. The van der Waals surface area contributed by atoms with E-state index in [-0.39, 0.29) is 5.56 Å². The summed E-state index contributed by atoms with van der Waals surface area (Å²) < 4.78 is 14.0. The molecule has 0 radical (unpaired) electrons. The third-order valence-electron chi connectivity index (χ3n) is 4.12. The molecule has 0 amide bonds. The van der Waals surface area contributed by atoms with Gasteiger partial charge >= 0.3 is 5.97 Å². The molecule has 22 heavy (non-hydrogen) atoms. The lowest BCUT2D eigenvalue weighted by molar-refractivity contribution is 0.0696. The van der Waals surface area contributed by atoms with Gasteiger partial charge in [0.2, 0.25) is 0 Å². The number of halogens is 1. The number of carboxylic acid groups (broad SMARTS) is 1. The number of nitrogens with zero attached hydrogens (tertiary/aromatic N) is 2. The Labute approximate surface area is 128 Å². The fraction of sp³-hybridized carbons (Fsp3) is 0.294. The molecule has 1 unspecified atom stereocenters. The number of likely N-dealkylation sites (tertiary alicyclic amines) is 1. The van der Waals surface area contributed by atoms with E-state index in [9.17, 15) is 9.18 Å². The maximum absolute atomic E-state index is 14.0. The second kappa shape index (κ2) is 6.23. The van der Waals surface area contributed by atoms with Gasteiger partial charge < -0.3 is 5.11 Å². The number of carboxylic acids is 1. The van der Waals surface area contributed by atoms with Crippen LogP contribution in [0.4, 0.5) is 4.39 Å². The molecule has 4 nitrogen and oxygen atoms in total. The maximum Gasteiger partial charge on any atom is 0.335 e. The summed E-state index contributed by atoms with van der Waals surface area (Å²) >= 11 is 0. The van der Waals surface area contributed by atoms with Crippen LogP contribution < -0.4 is 0 Å². The number of aromatic carboxylic acids is 1. The molecule has 1 N–H and O–H groups in total. The van der Waals surface area contributed by atoms with Gasteiger partial charge in [-0.05, 0) is 42.6 Å². The first-order chi connectivity index (χ1) is 10.6. The van der Waals surface area contributed by atoms with Gasteiger partial charge in [-0.25, -0.2) is 9.18 Å². The van der Waals surface area contributed by atoms with E-state index in [2.05, 4.69) is 16.0 Å². The van der Waals surface area contributed by atoms with Crippen molar-refractivity contribution in [1.29, 1.82) is 0 Å². The summed E-state index contributed by atoms with van der Waals surface area (Å²) in [7, 11) is 0. The molecule has 3 rings (SSSR count). The van der Waals surface area contributed by atoms with E-state index in [1.165, 1.54) is 11.6 Å². The Hall–Kier alpha value is -2.27. The number of pyridine rings is 1. The van der Waals surface area contributed by atoms with E-state index in [4.69, 9.17) is 5.11 Å². The molecule has 0 spiro atoms. The highest BCUT2D eigenvalue weighted by atomic mass is 19.1. The molecule has 0 saturated carbocycles. The molecule has 1 fully saturated rings. The largest absolute Gasteiger partial charge is 0.478 e. The molecule has 1 atom stereocenters. The van der Waals surface area contributed by atoms with Gasteiger partial charge in [-0.15, -0.1) is 0 Å². The average molecular weight is 300 g/mol. The normalized spacial score (nSPS) is 18.5. The summed E-state index contributed by atoms with van der Waals surface area (Å²) in [6, 6.07) is 8.11. The van der Waals surface area contributed by atoms with Gasteiger partial charge in [0.25, 0.3) is 0 Å². The molecule has 1 aromatic carbocycles. The zero-order valence-corrected chi connectivity index (χ0v) is 12.1. The highest BCUT2D eigenvalue weighted by Crippen LogP contribution is 2.28. The molecule has 0 aliphatic carbocycles. The van der Waals surface area contributed by atoms with Crippen molar-refractivity contribution in [2.75, 3.05) is 13.1 Å².